The van der Waals surface area contributed by atoms with E-state index in [1.54, 1.807) is 18.2 Å². The van der Waals surface area contributed by atoms with E-state index in [0.29, 0.717) is 16.9 Å². The topological polar surface area (TPSA) is 107 Å². The molecule has 0 aromatic heterocycles. The molecule has 2 aliphatic rings. The first-order chi connectivity index (χ1) is 14.0. The lowest BCUT2D eigenvalue weighted by molar-refractivity contribution is -0.255. The molecule has 0 radical (unpaired) electrons. The van der Waals surface area contributed by atoms with E-state index in [1.165, 1.54) is 35.2 Å². The summed E-state index contributed by atoms with van der Waals surface area (Å²) >= 11 is 0. The molecule has 1 N–H and O–H groups in total. The van der Waals surface area contributed by atoms with Crippen LogP contribution in [-0.2, 0) is 9.59 Å². The quantitative estimate of drug-likeness (QED) is 0.802. The van der Waals surface area contributed by atoms with E-state index >= 15 is 0 Å². The molecule has 0 unspecified atom stereocenters. The second-order valence-corrected chi connectivity index (χ2v) is 7.38. The summed E-state index contributed by atoms with van der Waals surface area (Å²) in [7, 11) is 0. The van der Waals surface area contributed by atoms with Gasteiger partial charge in [-0.1, -0.05) is 25.0 Å². The van der Waals surface area contributed by atoms with Crippen LogP contribution in [0.1, 0.15) is 46.4 Å². The van der Waals surface area contributed by atoms with Crippen molar-refractivity contribution in [1.82, 2.24) is 0 Å². The number of nitrogens with one attached hydrogen (secondary N) is 1. The summed E-state index contributed by atoms with van der Waals surface area (Å²) < 4.78 is 0. The summed E-state index contributed by atoms with van der Waals surface area (Å²) in [6.07, 6.45) is 3.42. The number of hydrogen-bond donors (Lipinski definition) is 1. The minimum absolute atomic E-state index is 0.0364. The van der Waals surface area contributed by atoms with Crippen molar-refractivity contribution in [2.45, 2.75) is 25.7 Å². The van der Waals surface area contributed by atoms with Crippen LogP contribution in [0.5, 0.6) is 0 Å². The summed E-state index contributed by atoms with van der Waals surface area (Å²) in [6.45, 7) is 0. The number of hydrogen-bond acceptors (Lipinski definition) is 5. The zero-order valence-corrected chi connectivity index (χ0v) is 15.6. The largest absolute Gasteiger partial charge is 0.545 e. The van der Waals surface area contributed by atoms with Crippen molar-refractivity contribution in [3.05, 3.63) is 59.7 Å². The Bertz CT molecular complexity index is 975. The normalized spacial score (nSPS) is 21.0. The molecule has 1 heterocycles. The van der Waals surface area contributed by atoms with Gasteiger partial charge in [0.1, 0.15) is 0 Å². The van der Waals surface area contributed by atoms with Gasteiger partial charge < -0.3 is 15.2 Å². The number of imide groups is 1. The van der Waals surface area contributed by atoms with Gasteiger partial charge in [-0.3, -0.25) is 19.3 Å². The Labute approximate surface area is 167 Å². The van der Waals surface area contributed by atoms with E-state index in [9.17, 15) is 24.3 Å². The van der Waals surface area contributed by atoms with Gasteiger partial charge in [0.05, 0.1) is 23.5 Å². The van der Waals surface area contributed by atoms with Crippen LogP contribution in [0.2, 0.25) is 0 Å². The van der Waals surface area contributed by atoms with Crippen LogP contribution in [-0.4, -0.2) is 23.7 Å². The summed E-state index contributed by atoms with van der Waals surface area (Å²) in [6, 6.07) is 12.0. The maximum absolute atomic E-state index is 12.7. The molecule has 3 amide bonds. The van der Waals surface area contributed by atoms with Gasteiger partial charge in [-0.2, -0.15) is 0 Å². The van der Waals surface area contributed by atoms with Crippen LogP contribution in [0.4, 0.5) is 11.4 Å². The molecule has 1 aliphatic carbocycles. The van der Waals surface area contributed by atoms with Gasteiger partial charge in [0, 0.05) is 11.3 Å². The van der Waals surface area contributed by atoms with E-state index in [0.717, 1.165) is 25.7 Å². The fraction of sp³-hybridized carbons (Fsp3) is 0.273. The maximum Gasteiger partial charge on any atom is 0.255 e. The van der Waals surface area contributed by atoms with Gasteiger partial charge in [0.25, 0.3) is 5.91 Å². The highest BCUT2D eigenvalue weighted by atomic mass is 16.4. The minimum atomic E-state index is -1.33. The monoisotopic (exact) mass is 391 g/mol. The highest BCUT2D eigenvalue weighted by Gasteiger charge is 2.48. The highest BCUT2D eigenvalue weighted by molar-refractivity contribution is 6.22. The van der Waals surface area contributed by atoms with Crippen LogP contribution >= 0.6 is 0 Å². The standard InChI is InChI=1S/C22H20N2O5/c25-19(23-15-5-3-4-14(12-15)22(28)29)13-8-10-16(11-9-13)24-20(26)17-6-1-2-7-18(17)21(24)27/h3-5,8-12,17-18H,1-2,6-7H2,(H,23,25)(H,28,29)/p-1/t17-,18-/m1/s1. The van der Waals surface area contributed by atoms with E-state index < -0.39 is 11.9 Å². The number of carbonyl (C=O) groups excluding carboxylic acids is 4. The molecule has 4 rings (SSSR count). The molecule has 29 heavy (non-hydrogen) atoms. The Hall–Kier alpha value is -3.48. The third-order valence-electron chi connectivity index (χ3n) is 5.58. The fourth-order valence-electron chi connectivity index (χ4n) is 4.11. The lowest BCUT2D eigenvalue weighted by Gasteiger charge is -2.19. The van der Waals surface area contributed by atoms with Crippen molar-refractivity contribution in [2.24, 2.45) is 11.8 Å². The van der Waals surface area contributed by atoms with Gasteiger partial charge in [-0.05, 0) is 54.8 Å². The van der Waals surface area contributed by atoms with Crippen molar-refractivity contribution < 1.29 is 24.3 Å². The van der Waals surface area contributed by atoms with E-state index in [2.05, 4.69) is 5.32 Å². The van der Waals surface area contributed by atoms with Gasteiger partial charge in [0.2, 0.25) is 11.8 Å². The number of nitrogens with zero attached hydrogens (tertiary/aromatic N) is 1. The van der Waals surface area contributed by atoms with Crippen molar-refractivity contribution in [3.8, 4) is 0 Å². The van der Waals surface area contributed by atoms with Gasteiger partial charge >= 0.3 is 0 Å². The number of carbonyl (C=O) groups is 4. The number of carboxylic acids is 1. The van der Waals surface area contributed by atoms with E-state index in [4.69, 9.17) is 0 Å². The average molecular weight is 391 g/mol. The lowest BCUT2D eigenvalue weighted by atomic mass is 9.81. The van der Waals surface area contributed by atoms with Gasteiger partial charge in [-0.15, -0.1) is 0 Å². The smallest absolute Gasteiger partial charge is 0.255 e. The second-order valence-electron chi connectivity index (χ2n) is 7.38. The summed E-state index contributed by atoms with van der Waals surface area (Å²) in [4.78, 5) is 50.0. The van der Waals surface area contributed by atoms with Crippen molar-refractivity contribution >= 4 is 35.1 Å². The molecule has 1 saturated heterocycles. The second kappa shape index (κ2) is 7.50. The molecule has 1 saturated carbocycles. The molecule has 0 bridgehead atoms. The first-order valence-electron chi connectivity index (χ1n) is 9.56. The number of benzene rings is 2. The first-order valence-corrected chi connectivity index (χ1v) is 9.56. The SMILES string of the molecule is O=C([O-])c1cccc(NC(=O)c2ccc(N3C(=O)[C@@H]4CCCC[C@H]4C3=O)cc2)c1. The van der Waals surface area contributed by atoms with Crippen LogP contribution in [0.15, 0.2) is 48.5 Å². The molecule has 2 aromatic rings. The minimum Gasteiger partial charge on any atom is -0.545 e. The number of amides is 3. The lowest BCUT2D eigenvalue weighted by Crippen LogP contribution is -2.30. The Morgan fingerprint density at radius 2 is 1.52 bits per heavy atom. The third-order valence-corrected chi connectivity index (χ3v) is 5.58. The fourth-order valence-corrected chi connectivity index (χ4v) is 4.11. The molecule has 148 valence electrons. The Morgan fingerprint density at radius 1 is 0.897 bits per heavy atom. The van der Waals surface area contributed by atoms with E-state index in [-0.39, 0.29) is 29.2 Å². The highest BCUT2D eigenvalue weighted by Crippen LogP contribution is 2.40. The molecule has 2 atom stereocenters. The molecule has 7 heteroatoms. The number of fused-ring (bicyclic) bond motifs is 1. The summed E-state index contributed by atoms with van der Waals surface area (Å²) in [5.74, 6) is -2.52. The first kappa shape index (κ1) is 18.9. The Balaban J connectivity index is 1.50. The van der Waals surface area contributed by atoms with Crippen LogP contribution in [0.25, 0.3) is 0 Å². The number of rotatable bonds is 4. The number of anilines is 2. The third kappa shape index (κ3) is 3.51. The van der Waals surface area contributed by atoms with Crippen LogP contribution in [0.3, 0.4) is 0 Å². The van der Waals surface area contributed by atoms with Gasteiger partial charge in [-0.25, -0.2) is 0 Å². The van der Waals surface area contributed by atoms with Crippen molar-refractivity contribution in [1.29, 1.82) is 0 Å². The van der Waals surface area contributed by atoms with Crippen LogP contribution in [0, 0.1) is 11.8 Å². The van der Waals surface area contributed by atoms with Crippen molar-refractivity contribution in [3.63, 3.8) is 0 Å². The predicted molar refractivity (Wildman–Crippen MR) is 103 cm³/mol. The van der Waals surface area contributed by atoms with Crippen molar-refractivity contribution in [2.75, 3.05) is 10.2 Å². The van der Waals surface area contributed by atoms with Gasteiger partial charge in [0.15, 0.2) is 0 Å². The molecule has 1 aliphatic heterocycles. The average Bonchev–Trinajstić information content (AvgIpc) is 2.99. The molecular weight excluding hydrogens is 372 g/mol. The molecule has 0 spiro atoms. The summed E-state index contributed by atoms with van der Waals surface area (Å²) in [5, 5.41) is 13.6. The van der Waals surface area contributed by atoms with Crippen LogP contribution < -0.4 is 15.3 Å². The predicted octanol–water partition coefficient (Wildman–Crippen LogP) is 1.98. The van der Waals surface area contributed by atoms with E-state index in [1.807, 2.05) is 0 Å². The Kier molecular flexibility index (Phi) is 4.88. The number of carboxylic acid groups (broad SMARTS) is 1. The molecular formula is C22H19N2O5-. The molecule has 2 aromatic carbocycles. The zero-order chi connectivity index (χ0) is 20.5. The zero-order valence-electron chi connectivity index (χ0n) is 15.6. The summed E-state index contributed by atoms with van der Waals surface area (Å²) in [5.41, 5.74) is 1.08. The maximum atomic E-state index is 12.7. The molecule has 2 fully saturated rings. The molecule has 7 nitrogen and oxygen atoms in total. The Morgan fingerprint density at radius 3 is 2.10 bits per heavy atom. The number of aromatic carboxylic acids is 1.